The van der Waals surface area contributed by atoms with Gasteiger partial charge in [-0.1, -0.05) is 50.2 Å². The zero-order valence-corrected chi connectivity index (χ0v) is 17.5. The van der Waals surface area contributed by atoms with Crippen LogP contribution in [0.4, 0.5) is 14.5 Å². The summed E-state index contributed by atoms with van der Waals surface area (Å²) in [6.45, 7) is 2.26. The molecule has 29 heavy (non-hydrogen) atoms. The third-order valence-corrected chi connectivity index (χ3v) is 5.81. The normalized spacial score (nSPS) is 18.4. The second-order valence-electron chi connectivity index (χ2n) is 7.72. The van der Waals surface area contributed by atoms with Crippen LogP contribution < -0.4 is 0 Å². The molecule has 3 rings (SSSR count). The number of hydrogen-bond acceptors (Lipinski definition) is 2. The first kappa shape index (κ1) is 21.4. The van der Waals surface area contributed by atoms with Gasteiger partial charge < -0.3 is 0 Å². The van der Waals surface area contributed by atoms with Crippen molar-refractivity contribution in [3.05, 3.63) is 64.7 Å². The van der Waals surface area contributed by atoms with E-state index in [0.717, 1.165) is 23.6 Å². The summed E-state index contributed by atoms with van der Waals surface area (Å²) in [7, 11) is 0. The highest BCUT2D eigenvalue weighted by atomic mass is 32.1. The van der Waals surface area contributed by atoms with Crippen LogP contribution in [-0.4, -0.2) is 5.16 Å². The number of benzene rings is 2. The summed E-state index contributed by atoms with van der Waals surface area (Å²) in [6.07, 6.45) is 9.17. The number of thiocarbonyl (C=S) groups is 1. The molecule has 2 aromatic rings. The van der Waals surface area contributed by atoms with E-state index in [9.17, 15) is 8.78 Å². The van der Waals surface area contributed by atoms with Gasteiger partial charge in [-0.15, -0.1) is 0 Å². The van der Waals surface area contributed by atoms with Crippen molar-refractivity contribution >= 4 is 23.1 Å². The molecule has 4 heteroatoms. The highest BCUT2D eigenvalue weighted by molar-refractivity contribution is 7.78. The molecule has 1 aliphatic rings. The summed E-state index contributed by atoms with van der Waals surface area (Å²) in [5.74, 6) is 5.74. The highest BCUT2D eigenvalue weighted by Crippen LogP contribution is 2.37. The number of unbranched alkanes of at least 4 members (excludes halogenated alkanes) is 1. The second kappa shape index (κ2) is 10.4. The Bertz CT molecular complexity index is 918. The number of rotatable bonds is 5. The van der Waals surface area contributed by atoms with Gasteiger partial charge in [0.2, 0.25) is 0 Å². The molecule has 0 amide bonds. The Balaban J connectivity index is 1.64. The summed E-state index contributed by atoms with van der Waals surface area (Å²) in [6, 6.07) is 10.6. The first-order chi connectivity index (χ1) is 14.1. The minimum absolute atomic E-state index is 0.262. The Kier molecular flexibility index (Phi) is 7.69. The zero-order chi connectivity index (χ0) is 20.6. The molecule has 0 bridgehead atoms. The minimum Gasteiger partial charge on any atom is -0.204 e. The molecule has 0 N–H and O–H groups in total. The van der Waals surface area contributed by atoms with Crippen LogP contribution in [0.5, 0.6) is 0 Å². The lowest BCUT2D eigenvalue weighted by atomic mass is 9.77. The third-order valence-electron chi connectivity index (χ3n) is 5.72. The van der Waals surface area contributed by atoms with Gasteiger partial charge in [-0.25, -0.2) is 8.78 Å². The van der Waals surface area contributed by atoms with Crippen LogP contribution in [0.25, 0.3) is 0 Å². The van der Waals surface area contributed by atoms with E-state index in [4.69, 9.17) is 0 Å². The highest BCUT2D eigenvalue weighted by Gasteiger charge is 2.21. The largest absolute Gasteiger partial charge is 0.204 e. The Hall–Kier alpha value is -2.34. The Morgan fingerprint density at radius 1 is 0.966 bits per heavy atom. The van der Waals surface area contributed by atoms with Gasteiger partial charge in [0.25, 0.3) is 0 Å². The Labute approximate surface area is 177 Å². The summed E-state index contributed by atoms with van der Waals surface area (Å²) >= 11 is 4.40. The lowest BCUT2D eigenvalue weighted by Gasteiger charge is -2.28. The topological polar surface area (TPSA) is 12.4 Å². The Morgan fingerprint density at radius 3 is 2.17 bits per heavy atom. The molecule has 0 spiro atoms. The lowest BCUT2D eigenvalue weighted by molar-refractivity contribution is 0.304. The monoisotopic (exact) mass is 409 g/mol. The summed E-state index contributed by atoms with van der Waals surface area (Å²) in [5, 5.41) is 1.98. The molecule has 0 saturated heterocycles. The lowest BCUT2D eigenvalue weighted by Crippen LogP contribution is -2.13. The maximum Gasteiger partial charge on any atom is 0.153 e. The second-order valence-corrected chi connectivity index (χ2v) is 7.91. The van der Waals surface area contributed by atoms with Crippen molar-refractivity contribution in [2.45, 2.75) is 57.8 Å². The first-order valence-electron chi connectivity index (χ1n) is 10.3. The van der Waals surface area contributed by atoms with Gasteiger partial charge in [0.15, 0.2) is 11.6 Å². The predicted octanol–water partition coefficient (Wildman–Crippen LogP) is 7.56. The third kappa shape index (κ3) is 5.82. The van der Waals surface area contributed by atoms with Crippen LogP contribution in [0, 0.1) is 29.4 Å². The van der Waals surface area contributed by atoms with E-state index in [1.54, 1.807) is 0 Å². The van der Waals surface area contributed by atoms with Crippen molar-refractivity contribution in [2.24, 2.45) is 10.9 Å². The van der Waals surface area contributed by atoms with Gasteiger partial charge in [-0.2, -0.15) is 4.99 Å². The molecule has 150 valence electrons. The van der Waals surface area contributed by atoms with Crippen LogP contribution in [0.2, 0.25) is 0 Å². The van der Waals surface area contributed by atoms with Gasteiger partial charge in [0, 0.05) is 11.1 Å². The van der Waals surface area contributed by atoms with E-state index in [1.807, 2.05) is 17.3 Å². The summed E-state index contributed by atoms with van der Waals surface area (Å²) in [5.41, 5.74) is 2.02. The molecule has 0 radical (unpaired) electrons. The van der Waals surface area contributed by atoms with E-state index >= 15 is 0 Å². The minimum atomic E-state index is -0.795. The smallest absolute Gasteiger partial charge is 0.153 e. The van der Waals surface area contributed by atoms with E-state index in [0.29, 0.717) is 5.92 Å². The molecule has 0 atom stereocenters. The van der Waals surface area contributed by atoms with Crippen LogP contribution >= 0.6 is 12.2 Å². The van der Waals surface area contributed by atoms with E-state index in [2.05, 4.69) is 48.1 Å². The maximum atomic E-state index is 13.9. The molecular formula is C25H25F2NS. The van der Waals surface area contributed by atoms with Crippen molar-refractivity contribution in [1.82, 2.24) is 0 Å². The van der Waals surface area contributed by atoms with E-state index in [1.165, 1.54) is 50.5 Å². The molecule has 1 saturated carbocycles. The fourth-order valence-corrected chi connectivity index (χ4v) is 4.14. The zero-order valence-electron chi connectivity index (χ0n) is 16.7. The summed E-state index contributed by atoms with van der Waals surface area (Å²) in [4.78, 5) is 3.41. The molecular weight excluding hydrogens is 384 g/mol. The molecule has 0 aromatic heterocycles. The fraction of sp³-hybridized carbons (Fsp3) is 0.400. The van der Waals surface area contributed by atoms with Crippen molar-refractivity contribution in [1.29, 1.82) is 0 Å². The molecule has 0 unspecified atom stereocenters. The van der Waals surface area contributed by atoms with Crippen LogP contribution in [-0.2, 0) is 0 Å². The number of hydrogen-bond donors (Lipinski definition) is 0. The average molecular weight is 410 g/mol. The molecule has 1 fully saturated rings. The number of nitrogens with zero attached hydrogens (tertiary/aromatic N) is 1. The predicted molar refractivity (Wildman–Crippen MR) is 118 cm³/mol. The molecule has 0 heterocycles. The van der Waals surface area contributed by atoms with Crippen LogP contribution in [0.15, 0.2) is 41.4 Å². The quantitative estimate of drug-likeness (QED) is 0.282. The standard InChI is InChI=1S/C25H25F2NS/c1-2-3-4-18-7-11-21(12-8-18)22-13-9-19(10-14-22)5-6-20-15-23(26)25(28-17-29)24(27)16-20/h9-10,13-16,18,21H,2-4,7-8,11-12H2,1H3. The van der Waals surface area contributed by atoms with Gasteiger partial charge >= 0.3 is 0 Å². The van der Waals surface area contributed by atoms with Crippen molar-refractivity contribution < 1.29 is 8.78 Å². The summed E-state index contributed by atoms with van der Waals surface area (Å²) < 4.78 is 27.8. The van der Waals surface area contributed by atoms with Gasteiger partial charge in [-0.3, -0.25) is 0 Å². The van der Waals surface area contributed by atoms with Gasteiger partial charge in [0.1, 0.15) is 5.69 Å². The van der Waals surface area contributed by atoms with Crippen molar-refractivity contribution in [2.75, 3.05) is 0 Å². The molecule has 0 aliphatic heterocycles. The number of halogens is 2. The number of aliphatic imine (C=N–C) groups is 1. The SMILES string of the molecule is CCCCC1CCC(c2ccc(C#Cc3cc(F)c(N=C=S)c(F)c3)cc2)CC1. The first-order valence-corrected chi connectivity index (χ1v) is 10.7. The molecule has 1 nitrogen and oxygen atoms in total. The molecule has 1 aliphatic carbocycles. The van der Waals surface area contributed by atoms with Crippen LogP contribution in [0.3, 0.4) is 0 Å². The van der Waals surface area contributed by atoms with Gasteiger partial charge in [0.05, 0.1) is 5.16 Å². The Morgan fingerprint density at radius 2 is 1.59 bits per heavy atom. The fourth-order valence-electron chi connectivity index (χ4n) is 4.05. The van der Waals surface area contributed by atoms with E-state index < -0.39 is 17.3 Å². The van der Waals surface area contributed by atoms with E-state index in [-0.39, 0.29) is 5.56 Å². The van der Waals surface area contributed by atoms with Crippen LogP contribution in [0.1, 0.15) is 74.5 Å². The van der Waals surface area contributed by atoms with Gasteiger partial charge in [-0.05, 0) is 79.6 Å². The molecule has 2 aromatic carbocycles. The van der Waals surface area contributed by atoms with Crippen molar-refractivity contribution in [3.63, 3.8) is 0 Å². The average Bonchev–Trinajstić information content (AvgIpc) is 2.74. The van der Waals surface area contributed by atoms with Crippen molar-refractivity contribution in [3.8, 4) is 11.8 Å². The maximum absolute atomic E-state index is 13.9. The number of isothiocyanates is 1.